The molecule has 2 atom stereocenters. The molecule has 190 valence electrons. The standard InChI is InChI=1S/C26H23BrN4O6/c1-36-15-4-2-14-11-31(22(32)18(14)8-15)12-26(23(33)29-25(35)30-26)21-9-19-17-5-3-13(10-28-24(27)34)16(17)6-7-20(19)37-21/h2,4,6-9,13H,3,5,10-12H2,1H3,(H,28,34)(H2,29,30,33,35). The van der Waals surface area contributed by atoms with E-state index >= 15 is 0 Å². The van der Waals surface area contributed by atoms with Crippen molar-refractivity contribution < 1.29 is 28.3 Å². The Hall–Kier alpha value is -3.86. The summed E-state index contributed by atoms with van der Waals surface area (Å²) in [5.74, 6) is 0.164. The van der Waals surface area contributed by atoms with Crippen molar-refractivity contribution >= 4 is 49.6 Å². The zero-order valence-corrected chi connectivity index (χ0v) is 21.4. The molecule has 1 saturated heterocycles. The average molecular weight is 567 g/mol. The van der Waals surface area contributed by atoms with Gasteiger partial charge in [-0.1, -0.05) is 12.1 Å². The van der Waals surface area contributed by atoms with Crippen LogP contribution in [0.4, 0.5) is 9.59 Å². The highest BCUT2D eigenvalue weighted by Crippen LogP contribution is 2.41. The Balaban J connectivity index is 1.36. The number of rotatable bonds is 6. The molecule has 1 aromatic heterocycles. The fourth-order valence-electron chi connectivity index (χ4n) is 5.68. The summed E-state index contributed by atoms with van der Waals surface area (Å²) in [6.07, 6.45) is 1.66. The summed E-state index contributed by atoms with van der Waals surface area (Å²) < 4.78 is 11.4. The third-order valence-corrected chi connectivity index (χ3v) is 7.79. The molecular weight excluding hydrogens is 544 g/mol. The highest BCUT2D eigenvalue weighted by Gasteiger charge is 2.53. The maximum atomic E-state index is 13.2. The van der Waals surface area contributed by atoms with Gasteiger partial charge < -0.3 is 24.7 Å². The maximum absolute atomic E-state index is 13.2. The Kier molecular flexibility index (Phi) is 5.48. The van der Waals surface area contributed by atoms with E-state index in [0.717, 1.165) is 34.9 Å². The van der Waals surface area contributed by atoms with Crippen molar-refractivity contribution in [1.82, 2.24) is 20.9 Å². The summed E-state index contributed by atoms with van der Waals surface area (Å²) in [5, 5.41) is 8.72. The molecule has 11 heteroatoms. The van der Waals surface area contributed by atoms with Gasteiger partial charge in [-0.05, 0) is 53.8 Å². The highest BCUT2D eigenvalue weighted by atomic mass is 79.9. The van der Waals surface area contributed by atoms with Gasteiger partial charge in [0.25, 0.3) is 16.6 Å². The normalized spacial score (nSPS) is 22.2. The number of carbonyl (C=O) groups excluding carboxylic acids is 4. The lowest BCUT2D eigenvalue weighted by atomic mass is 9.94. The molecule has 0 bridgehead atoms. The van der Waals surface area contributed by atoms with Crippen LogP contribution < -0.4 is 20.7 Å². The number of furan rings is 1. The van der Waals surface area contributed by atoms with E-state index < -0.39 is 17.5 Å². The molecule has 3 aromatic rings. The van der Waals surface area contributed by atoms with Crippen LogP contribution in [-0.4, -0.2) is 47.8 Å². The number of hydrogen-bond donors (Lipinski definition) is 3. The lowest BCUT2D eigenvalue weighted by Crippen LogP contribution is -2.52. The number of methoxy groups -OCH3 is 1. The number of imide groups is 1. The minimum atomic E-state index is -1.58. The molecule has 2 unspecified atom stereocenters. The quantitative estimate of drug-likeness (QED) is 0.238. The molecule has 3 heterocycles. The van der Waals surface area contributed by atoms with E-state index in [0.29, 0.717) is 30.0 Å². The number of hydrogen-bond acceptors (Lipinski definition) is 6. The predicted molar refractivity (Wildman–Crippen MR) is 136 cm³/mol. The van der Waals surface area contributed by atoms with Gasteiger partial charge in [0.1, 0.15) is 17.1 Å². The summed E-state index contributed by atoms with van der Waals surface area (Å²) in [6, 6.07) is 10.3. The van der Waals surface area contributed by atoms with Gasteiger partial charge in [0.2, 0.25) is 0 Å². The van der Waals surface area contributed by atoms with Gasteiger partial charge in [-0.2, -0.15) is 0 Å². The summed E-state index contributed by atoms with van der Waals surface area (Å²) in [7, 11) is 1.53. The number of halogens is 1. The van der Waals surface area contributed by atoms with Crippen molar-refractivity contribution in [2.75, 3.05) is 20.2 Å². The lowest BCUT2D eigenvalue weighted by molar-refractivity contribution is -0.125. The maximum Gasteiger partial charge on any atom is 0.322 e. The Labute approximate surface area is 219 Å². The Morgan fingerprint density at radius 3 is 2.81 bits per heavy atom. The second-order valence-electron chi connectivity index (χ2n) is 9.54. The number of aryl methyl sites for hydroxylation is 1. The van der Waals surface area contributed by atoms with Gasteiger partial charge in [-0.15, -0.1) is 0 Å². The SMILES string of the molecule is COc1ccc2c(c1)C(=O)N(CC1(c3cc4c5c(ccc4o3)C(CNC(=O)Br)CC5)NC(=O)NC1=O)C2. The van der Waals surface area contributed by atoms with Gasteiger partial charge >= 0.3 is 6.03 Å². The molecule has 0 spiro atoms. The van der Waals surface area contributed by atoms with Crippen molar-refractivity contribution in [3.63, 3.8) is 0 Å². The van der Waals surface area contributed by atoms with E-state index in [2.05, 4.69) is 31.9 Å². The van der Waals surface area contributed by atoms with E-state index in [1.54, 1.807) is 18.2 Å². The molecule has 1 fully saturated rings. The Morgan fingerprint density at radius 2 is 2.08 bits per heavy atom. The zero-order chi connectivity index (χ0) is 25.9. The molecule has 2 aliphatic heterocycles. The van der Waals surface area contributed by atoms with Gasteiger partial charge in [0.05, 0.1) is 13.7 Å². The molecule has 0 radical (unpaired) electrons. The Bertz CT molecular complexity index is 1500. The Morgan fingerprint density at radius 1 is 1.24 bits per heavy atom. The van der Waals surface area contributed by atoms with Gasteiger partial charge in [-0.3, -0.25) is 19.7 Å². The van der Waals surface area contributed by atoms with Crippen LogP contribution in [0.2, 0.25) is 0 Å². The van der Waals surface area contributed by atoms with E-state index in [-0.39, 0.29) is 28.9 Å². The molecule has 3 aliphatic rings. The number of nitrogens with one attached hydrogen (secondary N) is 3. The molecule has 0 saturated carbocycles. The molecule has 10 nitrogen and oxygen atoms in total. The number of urea groups is 1. The topological polar surface area (TPSA) is 130 Å². The van der Waals surface area contributed by atoms with E-state index in [1.807, 2.05) is 18.2 Å². The van der Waals surface area contributed by atoms with Crippen LogP contribution in [0, 0.1) is 0 Å². The zero-order valence-electron chi connectivity index (χ0n) is 19.9. The number of benzene rings is 2. The summed E-state index contributed by atoms with van der Waals surface area (Å²) in [6.45, 7) is 0.708. The van der Waals surface area contributed by atoms with Crippen LogP contribution in [0.25, 0.3) is 11.0 Å². The van der Waals surface area contributed by atoms with Crippen molar-refractivity contribution in [2.45, 2.75) is 30.8 Å². The first kappa shape index (κ1) is 23.5. The number of ether oxygens (including phenoxy) is 1. The molecule has 37 heavy (non-hydrogen) atoms. The summed E-state index contributed by atoms with van der Waals surface area (Å²) in [4.78, 5) is 51.4. The van der Waals surface area contributed by atoms with Crippen LogP contribution in [0.1, 0.15) is 45.1 Å². The van der Waals surface area contributed by atoms with Crippen molar-refractivity contribution in [3.8, 4) is 5.75 Å². The van der Waals surface area contributed by atoms with Crippen LogP contribution in [0.5, 0.6) is 5.75 Å². The molecule has 3 N–H and O–H groups in total. The van der Waals surface area contributed by atoms with E-state index in [9.17, 15) is 19.2 Å². The van der Waals surface area contributed by atoms with Crippen molar-refractivity contribution in [3.05, 3.63) is 64.4 Å². The second kappa shape index (κ2) is 8.62. The van der Waals surface area contributed by atoms with Crippen LogP contribution in [0.15, 0.2) is 40.8 Å². The van der Waals surface area contributed by atoms with Crippen molar-refractivity contribution in [2.24, 2.45) is 0 Å². The molecular formula is C26H23BrN4O6. The minimum Gasteiger partial charge on any atom is -0.497 e. The molecule has 2 aromatic carbocycles. The monoisotopic (exact) mass is 566 g/mol. The van der Waals surface area contributed by atoms with Gasteiger partial charge in [-0.25, -0.2) is 4.79 Å². The fraction of sp³-hybridized carbons (Fsp3) is 0.308. The first-order chi connectivity index (χ1) is 17.8. The average Bonchev–Trinajstić information content (AvgIpc) is 3.62. The van der Waals surface area contributed by atoms with Crippen molar-refractivity contribution in [1.29, 1.82) is 0 Å². The summed E-state index contributed by atoms with van der Waals surface area (Å²) >= 11 is 2.90. The third kappa shape index (κ3) is 3.76. The first-order valence-electron chi connectivity index (χ1n) is 11.9. The number of fused-ring (bicyclic) bond motifs is 4. The molecule has 1 aliphatic carbocycles. The van der Waals surface area contributed by atoms with Gasteiger partial charge in [0.15, 0.2) is 5.54 Å². The molecule has 6 rings (SSSR count). The van der Waals surface area contributed by atoms with E-state index in [1.165, 1.54) is 12.0 Å². The van der Waals surface area contributed by atoms with Gasteiger partial charge in [0, 0.05) is 45.9 Å². The predicted octanol–water partition coefficient (Wildman–Crippen LogP) is 3.27. The minimum absolute atomic E-state index is 0.0949. The lowest BCUT2D eigenvalue weighted by Gasteiger charge is -2.29. The number of nitrogens with zero attached hydrogens (tertiary/aromatic N) is 1. The number of carbonyl (C=O) groups is 4. The number of amides is 5. The highest BCUT2D eigenvalue weighted by molar-refractivity contribution is 9.18. The third-order valence-electron chi connectivity index (χ3n) is 7.50. The fourth-order valence-corrected chi connectivity index (χ4v) is 5.85. The van der Waals surface area contributed by atoms with E-state index in [4.69, 9.17) is 9.15 Å². The van der Waals surface area contributed by atoms with Crippen LogP contribution in [-0.2, 0) is 23.3 Å². The largest absolute Gasteiger partial charge is 0.497 e. The summed E-state index contributed by atoms with van der Waals surface area (Å²) in [5.41, 5.74) is 2.55. The second-order valence-corrected chi connectivity index (χ2v) is 10.3. The smallest absolute Gasteiger partial charge is 0.322 e. The van der Waals surface area contributed by atoms with Crippen LogP contribution >= 0.6 is 15.9 Å². The molecule has 5 amide bonds. The van der Waals surface area contributed by atoms with Crippen LogP contribution in [0.3, 0.4) is 0 Å². The first-order valence-corrected chi connectivity index (χ1v) is 12.7.